The van der Waals surface area contributed by atoms with Gasteiger partial charge in [-0.25, -0.2) is 0 Å². The van der Waals surface area contributed by atoms with Crippen LogP contribution in [0.1, 0.15) is 56.9 Å². The van der Waals surface area contributed by atoms with Crippen LogP contribution >= 0.6 is 11.6 Å². The molecule has 6 heteroatoms. The van der Waals surface area contributed by atoms with Crippen LogP contribution in [-0.4, -0.2) is 27.5 Å². The Labute approximate surface area is 211 Å². The van der Waals surface area contributed by atoms with Gasteiger partial charge in [-0.3, -0.25) is 9.78 Å². The predicted octanol–water partition coefficient (Wildman–Crippen LogP) is 6.58. The number of carbonyl (C=O) groups is 1. The lowest BCUT2D eigenvalue weighted by Gasteiger charge is -2.35. The number of halogens is 1. The molecule has 0 fully saturated rings. The zero-order valence-electron chi connectivity index (χ0n) is 20.7. The van der Waals surface area contributed by atoms with Crippen molar-refractivity contribution in [3.05, 3.63) is 70.5 Å². The highest BCUT2D eigenvalue weighted by molar-refractivity contribution is 6.31. The smallest absolute Gasteiger partial charge is 0.220 e. The number of amides is 1. The second kappa shape index (κ2) is 9.54. The van der Waals surface area contributed by atoms with Crippen molar-refractivity contribution in [2.24, 2.45) is 0 Å². The fourth-order valence-corrected chi connectivity index (χ4v) is 5.24. The average molecular weight is 489 g/mol. The summed E-state index contributed by atoms with van der Waals surface area (Å²) in [5, 5.41) is 10.0. The van der Waals surface area contributed by atoms with E-state index in [1.807, 2.05) is 30.5 Å². The Morgan fingerprint density at radius 3 is 2.80 bits per heavy atom. The van der Waals surface area contributed by atoms with Gasteiger partial charge in [-0.2, -0.15) is 0 Å². The third kappa shape index (κ3) is 4.87. The van der Waals surface area contributed by atoms with Gasteiger partial charge in [0.15, 0.2) is 0 Å². The summed E-state index contributed by atoms with van der Waals surface area (Å²) in [5.74, 6) is 0.0577. The second-order valence-electron chi connectivity index (χ2n) is 10.3. The zero-order chi connectivity index (χ0) is 24.6. The Kier molecular flexibility index (Phi) is 6.45. The molecule has 0 saturated carbocycles. The topological polar surface area (TPSA) is 69.8 Å². The normalized spacial score (nSPS) is 14.6. The van der Waals surface area contributed by atoms with Gasteiger partial charge in [0.05, 0.1) is 11.1 Å². The molecule has 2 heterocycles. The first-order chi connectivity index (χ1) is 16.8. The summed E-state index contributed by atoms with van der Waals surface area (Å²) >= 11 is 6.28. The Morgan fingerprint density at radius 1 is 1.14 bits per heavy atom. The molecule has 5 rings (SSSR count). The van der Waals surface area contributed by atoms with Gasteiger partial charge >= 0.3 is 0 Å². The molecule has 3 N–H and O–H groups in total. The van der Waals surface area contributed by atoms with E-state index < -0.39 is 5.54 Å². The van der Waals surface area contributed by atoms with Crippen molar-refractivity contribution >= 4 is 45.0 Å². The fraction of sp³-hybridized carbons (Fsp3) is 0.379. The van der Waals surface area contributed by atoms with Crippen LogP contribution in [0.3, 0.4) is 0 Å². The van der Waals surface area contributed by atoms with Crippen molar-refractivity contribution in [2.75, 3.05) is 5.32 Å². The van der Waals surface area contributed by atoms with Crippen LogP contribution in [-0.2, 0) is 24.1 Å². The maximum atomic E-state index is 13.0. The van der Waals surface area contributed by atoms with Gasteiger partial charge in [-0.15, -0.1) is 0 Å². The Hall–Kier alpha value is -3.05. The number of fused-ring (bicyclic) bond motifs is 3. The highest BCUT2D eigenvalue weighted by Gasteiger charge is 2.29. The van der Waals surface area contributed by atoms with E-state index in [4.69, 9.17) is 16.6 Å². The van der Waals surface area contributed by atoms with Gasteiger partial charge in [0.2, 0.25) is 5.91 Å². The Morgan fingerprint density at radius 2 is 1.94 bits per heavy atom. The van der Waals surface area contributed by atoms with Crippen molar-refractivity contribution in [1.82, 2.24) is 15.3 Å². The summed E-state index contributed by atoms with van der Waals surface area (Å²) in [4.78, 5) is 21.2. The van der Waals surface area contributed by atoms with Gasteiger partial charge in [0.25, 0.3) is 0 Å². The lowest BCUT2D eigenvalue weighted by molar-refractivity contribution is -0.122. The molecule has 1 aliphatic carbocycles. The second-order valence-corrected chi connectivity index (χ2v) is 10.7. The van der Waals surface area contributed by atoms with E-state index in [0.29, 0.717) is 17.9 Å². The van der Waals surface area contributed by atoms with Gasteiger partial charge in [0.1, 0.15) is 0 Å². The molecule has 1 unspecified atom stereocenters. The quantitative estimate of drug-likeness (QED) is 0.275. The van der Waals surface area contributed by atoms with Gasteiger partial charge < -0.3 is 15.6 Å². The number of pyridine rings is 1. The van der Waals surface area contributed by atoms with Crippen LogP contribution in [0.25, 0.3) is 21.8 Å². The number of H-pyrrole nitrogens is 1. The van der Waals surface area contributed by atoms with Crippen molar-refractivity contribution in [1.29, 1.82) is 0 Å². The monoisotopic (exact) mass is 488 g/mol. The minimum atomic E-state index is -0.444. The zero-order valence-corrected chi connectivity index (χ0v) is 21.4. The number of hydrogen-bond donors (Lipinski definition) is 3. The minimum absolute atomic E-state index is 0.00634. The number of aryl methyl sites for hydroxylation is 2. The molecule has 1 aliphatic rings. The van der Waals surface area contributed by atoms with Crippen LogP contribution < -0.4 is 10.6 Å². The summed E-state index contributed by atoms with van der Waals surface area (Å²) in [6, 6.07) is 14.1. The minimum Gasteiger partial charge on any atom is -0.379 e. The molecule has 0 radical (unpaired) electrons. The molecule has 2 aromatic carbocycles. The number of hydrogen-bond acceptors (Lipinski definition) is 3. The highest BCUT2D eigenvalue weighted by atomic mass is 35.5. The molecule has 0 spiro atoms. The first kappa shape index (κ1) is 23.7. The number of anilines is 1. The fourth-order valence-electron chi connectivity index (χ4n) is 5.08. The van der Waals surface area contributed by atoms with Crippen molar-refractivity contribution < 1.29 is 4.79 Å². The maximum absolute atomic E-state index is 13.0. The summed E-state index contributed by atoms with van der Waals surface area (Å²) in [5.41, 5.74) is 6.37. The molecule has 4 aromatic rings. The molecule has 35 heavy (non-hydrogen) atoms. The first-order valence-corrected chi connectivity index (χ1v) is 12.9. The van der Waals surface area contributed by atoms with E-state index >= 15 is 0 Å². The number of nitrogens with zero attached hydrogens (tertiary/aromatic N) is 1. The van der Waals surface area contributed by atoms with Gasteiger partial charge in [-0.1, -0.05) is 29.8 Å². The molecule has 1 amide bonds. The van der Waals surface area contributed by atoms with Crippen molar-refractivity contribution in [3.8, 4) is 0 Å². The first-order valence-electron chi connectivity index (χ1n) is 12.6. The van der Waals surface area contributed by atoms with Gasteiger partial charge in [-0.05, 0) is 88.3 Å². The molecule has 0 bridgehead atoms. The lowest BCUT2D eigenvalue weighted by atomic mass is 9.90. The van der Waals surface area contributed by atoms with E-state index in [-0.39, 0.29) is 11.9 Å². The summed E-state index contributed by atoms with van der Waals surface area (Å²) < 4.78 is 0. The SMILES string of the molecule is CC(Nc1c2c(nc3cc(Cl)ccc13)CCCC2)C(C)(C)NC(=O)CCc1c[nH]c2ccccc12. The summed E-state index contributed by atoms with van der Waals surface area (Å²) in [7, 11) is 0. The third-order valence-corrected chi connectivity index (χ3v) is 7.66. The van der Waals surface area contributed by atoms with Gasteiger partial charge in [0, 0.05) is 51.4 Å². The highest BCUT2D eigenvalue weighted by Crippen LogP contribution is 2.35. The molecule has 2 aromatic heterocycles. The molecule has 1 atom stereocenters. The molecular weight excluding hydrogens is 456 g/mol. The van der Waals surface area contributed by atoms with Crippen molar-refractivity contribution in [2.45, 2.75) is 70.9 Å². The lowest BCUT2D eigenvalue weighted by Crippen LogP contribution is -2.54. The van der Waals surface area contributed by atoms with E-state index in [9.17, 15) is 4.79 Å². The number of benzene rings is 2. The number of nitrogens with one attached hydrogen (secondary N) is 3. The maximum Gasteiger partial charge on any atom is 0.220 e. The number of carbonyl (C=O) groups excluding carboxylic acids is 1. The number of rotatable bonds is 7. The molecule has 182 valence electrons. The Bertz CT molecular complexity index is 1390. The number of aromatic nitrogens is 2. The summed E-state index contributed by atoms with van der Waals surface area (Å²) in [6.45, 7) is 6.30. The molecular formula is C29H33ClN4O. The molecule has 0 aliphatic heterocycles. The van der Waals surface area contributed by atoms with Crippen molar-refractivity contribution in [3.63, 3.8) is 0 Å². The largest absolute Gasteiger partial charge is 0.379 e. The van der Waals surface area contributed by atoms with Crippen LogP contribution in [0.5, 0.6) is 0 Å². The predicted molar refractivity (Wildman–Crippen MR) is 145 cm³/mol. The molecule has 0 saturated heterocycles. The van der Waals surface area contributed by atoms with Crippen LogP contribution in [0.4, 0.5) is 5.69 Å². The van der Waals surface area contributed by atoms with E-state index in [1.54, 1.807) is 0 Å². The number of para-hydroxylation sites is 1. The number of aromatic amines is 1. The average Bonchev–Trinajstić information content (AvgIpc) is 3.25. The third-order valence-electron chi connectivity index (χ3n) is 7.43. The van der Waals surface area contributed by atoms with E-state index in [2.05, 4.69) is 54.6 Å². The van der Waals surface area contributed by atoms with Crippen LogP contribution in [0.15, 0.2) is 48.7 Å². The standard InChI is InChI=1S/C29H33ClN4O/c1-18(29(2,3)34-27(35)15-12-19-17-31-24-10-6-4-8-21(19)24)32-28-22-9-5-7-11-25(22)33-26-16-20(30)13-14-23(26)28/h4,6,8,10,13-14,16-18,31H,5,7,9,11-12,15H2,1-3H3,(H,32,33)(H,34,35). The van der Waals surface area contributed by atoms with Crippen LogP contribution in [0, 0.1) is 0 Å². The Balaban J connectivity index is 1.31. The van der Waals surface area contributed by atoms with E-state index in [0.717, 1.165) is 34.9 Å². The van der Waals surface area contributed by atoms with E-state index in [1.165, 1.54) is 35.0 Å². The molecule has 5 nitrogen and oxygen atoms in total. The van der Waals surface area contributed by atoms with Crippen LogP contribution in [0.2, 0.25) is 5.02 Å². The summed E-state index contributed by atoms with van der Waals surface area (Å²) in [6.07, 6.45) is 7.52.